The average Bonchev–Trinajstić information content (AvgIpc) is 2.06. The summed E-state index contributed by atoms with van der Waals surface area (Å²) in [6.45, 7) is 0.644. The maximum atomic E-state index is 9.50. The molecule has 1 aromatic carbocycles. The summed E-state index contributed by atoms with van der Waals surface area (Å²) in [4.78, 5) is 0. The Hall–Kier alpha value is -1.06. The molecule has 1 aromatic rings. The third-order valence-electron chi connectivity index (χ3n) is 1.74. The van der Waals surface area contributed by atoms with E-state index in [2.05, 4.69) is 0 Å². The zero-order chi connectivity index (χ0) is 8.97. The van der Waals surface area contributed by atoms with Gasteiger partial charge in [0.15, 0.2) is 0 Å². The molecule has 0 amide bonds. The molecule has 0 aliphatic carbocycles. The number of aliphatic hydroxyl groups excluding tert-OH is 1. The van der Waals surface area contributed by atoms with E-state index in [4.69, 9.17) is 5.11 Å². The van der Waals surface area contributed by atoms with E-state index in [0.717, 1.165) is 5.56 Å². The summed E-state index contributed by atoms with van der Waals surface area (Å²) in [6, 6.07) is 6.61. The van der Waals surface area contributed by atoms with Gasteiger partial charge in [0.2, 0.25) is 0 Å². The van der Waals surface area contributed by atoms with Crippen LogP contribution in [0.25, 0.3) is 0 Å². The Balaban J connectivity index is 2.68. The Bertz CT molecular complexity index is 233. The molecule has 0 aliphatic heterocycles. The van der Waals surface area contributed by atoms with Crippen LogP contribution in [0.3, 0.4) is 0 Å². The summed E-state index contributed by atoms with van der Waals surface area (Å²) < 4.78 is 0. The lowest BCUT2D eigenvalue weighted by atomic mass is 10.1. The first-order valence-corrected chi connectivity index (χ1v) is 3.99. The Labute approximate surface area is 71.7 Å². The van der Waals surface area contributed by atoms with Crippen LogP contribution < -0.4 is 5.32 Å². The number of rotatable bonds is 3. The highest BCUT2D eigenvalue weighted by atomic mass is 16.3. The Morgan fingerprint density at radius 2 is 1.92 bits per heavy atom. The van der Waals surface area contributed by atoms with E-state index in [1.807, 2.05) is 12.4 Å². The van der Waals surface area contributed by atoms with Gasteiger partial charge in [-0.25, -0.2) is 0 Å². The fourth-order valence-corrected chi connectivity index (χ4v) is 1.06. The molecule has 0 fully saturated rings. The molecular weight excluding hydrogens is 154 g/mol. The second kappa shape index (κ2) is 4.09. The van der Waals surface area contributed by atoms with E-state index in [9.17, 15) is 5.11 Å². The molecule has 4 N–H and O–H groups in total. The molecule has 0 aromatic heterocycles. The van der Waals surface area contributed by atoms with Gasteiger partial charge in [0.25, 0.3) is 0 Å². The van der Waals surface area contributed by atoms with Crippen molar-refractivity contribution < 1.29 is 15.5 Å². The normalized spacial score (nSPS) is 12.8. The van der Waals surface area contributed by atoms with E-state index in [1.165, 1.54) is 0 Å². The van der Waals surface area contributed by atoms with Gasteiger partial charge in [0.05, 0.1) is 7.05 Å². The van der Waals surface area contributed by atoms with Crippen molar-refractivity contribution >= 4 is 0 Å². The van der Waals surface area contributed by atoms with Crippen LogP contribution in [0, 0.1) is 0 Å². The number of hydrogen-bond donors (Lipinski definition) is 3. The van der Waals surface area contributed by atoms with Gasteiger partial charge in [-0.05, 0) is 17.7 Å². The Morgan fingerprint density at radius 3 is 2.42 bits per heavy atom. The zero-order valence-corrected chi connectivity index (χ0v) is 7.07. The third kappa shape index (κ3) is 2.22. The number of nitrogens with two attached hydrogens (primary N) is 1. The van der Waals surface area contributed by atoms with Crippen LogP contribution in [0.4, 0.5) is 0 Å². The first kappa shape index (κ1) is 9.03. The largest absolute Gasteiger partial charge is 0.508 e. The van der Waals surface area contributed by atoms with Crippen LogP contribution in [0.15, 0.2) is 24.3 Å². The second-order valence-electron chi connectivity index (χ2n) is 2.75. The lowest BCUT2D eigenvalue weighted by Gasteiger charge is -2.07. The van der Waals surface area contributed by atoms with Crippen molar-refractivity contribution in [2.24, 2.45) is 0 Å². The standard InChI is InChI=1S/C9H13NO2/c1-10-6-9(12)7-2-4-8(11)5-3-7/h2-5,9-12H,6H2,1H3/p+1. The molecule has 0 saturated carbocycles. The predicted molar refractivity (Wildman–Crippen MR) is 45.8 cm³/mol. The zero-order valence-electron chi connectivity index (χ0n) is 7.07. The van der Waals surface area contributed by atoms with E-state index in [1.54, 1.807) is 24.3 Å². The monoisotopic (exact) mass is 168 g/mol. The molecule has 0 radical (unpaired) electrons. The highest BCUT2D eigenvalue weighted by Crippen LogP contribution is 2.14. The molecule has 1 rings (SSSR count). The summed E-state index contributed by atoms with van der Waals surface area (Å²) in [5.74, 6) is 0.228. The van der Waals surface area contributed by atoms with Gasteiger partial charge in [0.1, 0.15) is 18.4 Å². The molecule has 3 nitrogen and oxygen atoms in total. The van der Waals surface area contributed by atoms with Gasteiger partial charge in [-0.2, -0.15) is 0 Å². The van der Waals surface area contributed by atoms with Crippen molar-refractivity contribution in [3.63, 3.8) is 0 Å². The highest BCUT2D eigenvalue weighted by Gasteiger charge is 2.06. The average molecular weight is 168 g/mol. The molecule has 12 heavy (non-hydrogen) atoms. The van der Waals surface area contributed by atoms with Crippen molar-refractivity contribution in [2.45, 2.75) is 6.10 Å². The maximum Gasteiger partial charge on any atom is 0.128 e. The number of hydrogen-bond acceptors (Lipinski definition) is 2. The smallest absolute Gasteiger partial charge is 0.128 e. The fourth-order valence-electron chi connectivity index (χ4n) is 1.06. The number of aliphatic hydroxyl groups is 1. The van der Waals surface area contributed by atoms with Crippen molar-refractivity contribution in [3.05, 3.63) is 29.8 Å². The molecule has 3 heteroatoms. The fraction of sp³-hybridized carbons (Fsp3) is 0.333. The highest BCUT2D eigenvalue weighted by molar-refractivity contribution is 5.27. The van der Waals surface area contributed by atoms with Gasteiger partial charge < -0.3 is 15.5 Å². The van der Waals surface area contributed by atoms with Gasteiger partial charge in [-0.3, -0.25) is 0 Å². The third-order valence-corrected chi connectivity index (χ3v) is 1.74. The molecule has 0 heterocycles. The summed E-state index contributed by atoms with van der Waals surface area (Å²) >= 11 is 0. The molecular formula is C9H14NO2+. The van der Waals surface area contributed by atoms with E-state index < -0.39 is 6.10 Å². The molecule has 0 bridgehead atoms. The van der Waals surface area contributed by atoms with Crippen LogP contribution in [0.1, 0.15) is 11.7 Å². The number of aromatic hydroxyl groups is 1. The Morgan fingerprint density at radius 1 is 1.33 bits per heavy atom. The summed E-state index contributed by atoms with van der Waals surface area (Å²) in [7, 11) is 1.91. The van der Waals surface area contributed by atoms with E-state index >= 15 is 0 Å². The minimum Gasteiger partial charge on any atom is -0.508 e. The topological polar surface area (TPSA) is 57.1 Å². The molecule has 1 unspecified atom stereocenters. The number of likely N-dealkylation sites (N-methyl/N-ethyl adjacent to an activating group) is 1. The van der Waals surface area contributed by atoms with Gasteiger partial charge >= 0.3 is 0 Å². The Kier molecular flexibility index (Phi) is 3.08. The number of benzene rings is 1. The van der Waals surface area contributed by atoms with Crippen LogP contribution in [-0.4, -0.2) is 23.8 Å². The first-order valence-electron chi connectivity index (χ1n) is 3.99. The number of quaternary nitrogens is 1. The molecule has 0 spiro atoms. The number of phenolic OH excluding ortho intramolecular Hbond substituents is 1. The quantitative estimate of drug-likeness (QED) is 0.576. The molecule has 0 aliphatic rings. The van der Waals surface area contributed by atoms with Crippen LogP contribution in [0.2, 0.25) is 0 Å². The minimum atomic E-state index is -0.449. The van der Waals surface area contributed by atoms with Gasteiger partial charge in [-0.15, -0.1) is 0 Å². The maximum absolute atomic E-state index is 9.50. The molecule has 66 valence electrons. The lowest BCUT2D eigenvalue weighted by molar-refractivity contribution is -0.634. The predicted octanol–water partition coefficient (Wildman–Crippen LogP) is -0.381. The molecule has 1 atom stereocenters. The minimum absolute atomic E-state index is 0.228. The first-order chi connectivity index (χ1) is 5.74. The van der Waals surface area contributed by atoms with Crippen LogP contribution in [-0.2, 0) is 0 Å². The summed E-state index contributed by atoms with van der Waals surface area (Å²) in [5.41, 5.74) is 0.839. The van der Waals surface area contributed by atoms with E-state index in [0.29, 0.717) is 6.54 Å². The SMILES string of the molecule is C[NH2+]CC(O)c1ccc(O)cc1. The van der Waals surface area contributed by atoms with Crippen LogP contribution >= 0.6 is 0 Å². The van der Waals surface area contributed by atoms with Crippen molar-refractivity contribution in [1.82, 2.24) is 0 Å². The van der Waals surface area contributed by atoms with Crippen molar-refractivity contribution in [2.75, 3.05) is 13.6 Å². The lowest BCUT2D eigenvalue weighted by Crippen LogP contribution is -2.80. The van der Waals surface area contributed by atoms with E-state index in [-0.39, 0.29) is 5.75 Å². The van der Waals surface area contributed by atoms with Crippen molar-refractivity contribution in [3.8, 4) is 5.75 Å². The second-order valence-corrected chi connectivity index (χ2v) is 2.75. The van der Waals surface area contributed by atoms with Crippen LogP contribution in [0.5, 0.6) is 5.75 Å². The summed E-state index contributed by atoms with van der Waals surface area (Å²) in [6.07, 6.45) is -0.449. The molecule has 0 saturated heterocycles. The van der Waals surface area contributed by atoms with Crippen molar-refractivity contribution in [1.29, 1.82) is 0 Å². The summed E-state index contributed by atoms with van der Waals surface area (Å²) in [5, 5.41) is 20.4. The van der Waals surface area contributed by atoms with Gasteiger partial charge in [-0.1, -0.05) is 12.1 Å². The number of phenols is 1. The van der Waals surface area contributed by atoms with Gasteiger partial charge in [0, 0.05) is 0 Å².